The van der Waals surface area contributed by atoms with Gasteiger partial charge in [0, 0.05) is 6.04 Å². The maximum atomic E-state index is 13.5. The first-order valence-corrected chi connectivity index (χ1v) is 5.81. The summed E-state index contributed by atoms with van der Waals surface area (Å²) < 4.78 is 27.1. The zero-order valence-corrected chi connectivity index (χ0v) is 9.63. The maximum absolute atomic E-state index is 13.5. The first-order valence-electron chi connectivity index (χ1n) is 5.81. The first-order chi connectivity index (χ1) is 8.15. The number of halogens is 2. The van der Waals surface area contributed by atoms with Crippen LogP contribution in [0.2, 0.25) is 0 Å². The molecule has 4 heteroatoms. The van der Waals surface area contributed by atoms with Gasteiger partial charge in [-0.2, -0.15) is 5.26 Å². The number of nitrogens with zero attached hydrogens (tertiary/aromatic N) is 1. The van der Waals surface area contributed by atoms with Crippen molar-refractivity contribution in [1.82, 2.24) is 0 Å². The molecule has 0 saturated heterocycles. The summed E-state index contributed by atoms with van der Waals surface area (Å²) in [7, 11) is 0. The van der Waals surface area contributed by atoms with E-state index in [0.29, 0.717) is 5.92 Å². The zero-order valence-electron chi connectivity index (χ0n) is 9.63. The van der Waals surface area contributed by atoms with E-state index in [-0.39, 0.29) is 17.3 Å². The summed E-state index contributed by atoms with van der Waals surface area (Å²) in [5.74, 6) is -0.859. The summed E-state index contributed by atoms with van der Waals surface area (Å²) in [6.45, 7) is 2.10. The van der Waals surface area contributed by atoms with Gasteiger partial charge in [-0.25, -0.2) is 8.78 Å². The van der Waals surface area contributed by atoms with E-state index in [1.54, 1.807) is 6.07 Å². The van der Waals surface area contributed by atoms with Crippen molar-refractivity contribution in [3.8, 4) is 6.07 Å². The number of hydrogen-bond donors (Lipinski definition) is 1. The molecular weight excluding hydrogens is 222 g/mol. The van der Waals surface area contributed by atoms with Crippen molar-refractivity contribution < 1.29 is 8.78 Å². The normalized spacial score (nSPS) is 22.0. The molecule has 1 fully saturated rings. The van der Waals surface area contributed by atoms with Crippen LogP contribution in [0, 0.1) is 28.9 Å². The van der Waals surface area contributed by atoms with Crippen LogP contribution in [-0.2, 0) is 0 Å². The highest BCUT2D eigenvalue weighted by molar-refractivity contribution is 5.51. The van der Waals surface area contributed by atoms with Crippen LogP contribution in [0.5, 0.6) is 0 Å². The van der Waals surface area contributed by atoms with E-state index in [9.17, 15) is 8.78 Å². The molecule has 1 aliphatic carbocycles. The lowest BCUT2D eigenvalue weighted by Crippen LogP contribution is -2.08. The van der Waals surface area contributed by atoms with E-state index in [1.165, 1.54) is 0 Å². The second kappa shape index (κ2) is 4.70. The number of anilines is 1. The second-order valence-electron chi connectivity index (χ2n) is 4.46. The van der Waals surface area contributed by atoms with Gasteiger partial charge in [0.05, 0.1) is 11.6 Å². The summed E-state index contributed by atoms with van der Waals surface area (Å²) in [4.78, 5) is 0. The Hall–Kier alpha value is -1.63. The minimum Gasteiger partial charge on any atom is -0.377 e. The summed E-state index contributed by atoms with van der Waals surface area (Å²) in [6, 6.07) is 4.02. The van der Waals surface area contributed by atoms with Crippen LogP contribution in [0.4, 0.5) is 14.5 Å². The Morgan fingerprint density at radius 2 is 2.06 bits per heavy atom. The van der Waals surface area contributed by atoms with Crippen LogP contribution in [0.15, 0.2) is 12.1 Å². The van der Waals surface area contributed by atoms with E-state index >= 15 is 0 Å². The highest BCUT2D eigenvalue weighted by atomic mass is 19.1. The van der Waals surface area contributed by atoms with Gasteiger partial charge in [0.1, 0.15) is 5.69 Å². The third-order valence-corrected chi connectivity index (χ3v) is 3.08. The Labute approximate surface area is 99.3 Å². The zero-order chi connectivity index (χ0) is 12.4. The van der Waals surface area contributed by atoms with Gasteiger partial charge >= 0.3 is 0 Å². The third-order valence-electron chi connectivity index (χ3n) is 3.08. The number of nitrogens with one attached hydrogen (secondary N) is 1. The Morgan fingerprint density at radius 3 is 2.59 bits per heavy atom. The predicted molar refractivity (Wildman–Crippen MR) is 61.5 cm³/mol. The quantitative estimate of drug-likeness (QED) is 0.869. The van der Waals surface area contributed by atoms with Crippen molar-refractivity contribution in [2.75, 3.05) is 5.32 Å². The molecule has 0 bridgehead atoms. The molecular formula is C13H14F2N2. The first kappa shape index (κ1) is 11.8. The van der Waals surface area contributed by atoms with Crippen molar-refractivity contribution in [2.45, 2.75) is 32.2 Å². The minimum absolute atomic E-state index is 0.00598. The third kappa shape index (κ3) is 2.55. The van der Waals surface area contributed by atoms with Crippen LogP contribution in [0.25, 0.3) is 0 Å². The van der Waals surface area contributed by atoms with Crippen molar-refractivity contribution in [2.24, 2.45) is 5.92 Å². The molecule has 1 aliphatic rings. The molecule has 2 atom stereocenters. The van der Waals surface area contributed by atoms with E-state index in [2.05, 4.69) is 12.2 Å². The average Bonchev–Trinajstić information content (AvgIpc) is 3.02. The molecule has 1 N–H and O–H groups in total. The number of rotatable bonds is 4. The molecule has 2 nitrogen and oxygen atoms in total. The second-order valence-corrected chi connectivity index (χ2v) is 4.46. The number of nitriles is 1. The molecule has 0 spiro atoms. The summed E-state index contributed by atoms with van der Waals surface area (Å²) >= 11 is 0. The van der Waals surface area contributed by atoms with Gasteiger partial charge in [0.25, 0.3) is 0 Å². The molecule has 0 aliphatic heterocycles. The van der Waals surface area contributed by atoms with E-state index in [1.807, 2.05) is 0 Å². The van der Waals surface area contributed by atoms with Crippen LogP contribution in [-0.4, -0.2) is 6.04 Å². The Morgan fingerprint density at radius 1 is 1.41 bits per heavy atom. The number of hydrogen-bond acceptors (Lipinski definition) is 2. The van der Waals surface area contributed by atoms with Crippen molar-refractivity contribution in [3.63, 3.8) is 0 Å². The monoisotopic (exact) mass is 236 g/mol. The fourth-order valence-corrected chi connectivity index (χ4v) is 2.08. The molecule has 2 rings (SSSR count). The van der Waals surface area contributed by atoms with Crippen LogP contribution < -0.4 is 5.32 Å². The standard InChI is InChI=1S/C13H14F2N2/c1-2-3-9-6-12(9)17-13-10(14)4-8(7-16)5-11(13)15/h4-5,9,12,17H,2-3,6H2,1H3. The van der Waals surface area contributed by atoms with Crippen molar-refractivity contribution in [3.05, 3.63) is 29.3 Å². The topological polar surface area (TPSA) is 35.8 Å². The van der Waals surface area contributed by atoms with E-state index in [4.69, 9.17) is 5.26 Å². The van der Waals surface area contributed by atoms with E-state index < -0.39 is 11.6 Å². The van der Waals surface area contributed by atoms with Crippen LogP contribution >= 0.6 is 0 Å². The minimum atomic E-state index is -0.691. The predicted octanol–water partition coefficient (Wildman–Crippen LogP) is 3.44. The largest absolute Gasteiger partial charge is 0.377 e. The van der Waals surface area contributed by atoms with Gasteiger partial charge in [0.2, 0.25) is 0 Å². The van der Waals surface area contributed by atoms with Crippen molar-refractivity contribution >= 4 is 5.69 Å². The Kier molecular flexibility index (Phi) is 3.28. The lowest BCUT2D eigenvalue weighted by molar-refractivity contribution is 0.585. The van der Waals surface area contributed by atoms with Crippen LogP contribution in [0.3, 0.4) is 0 Å². The lowest BCUT2D eigenvalue weighted by Gasteiger charge is -2.08. The maximum Gasteiger partial charge on any atom is 0.150 e. The van der Waals surface area contributed by atoms with Gasteiger partial charge in [0.15, 0.2) is 11.6 Å². The average molecular weight is 236 g/mol. The van der Waals surface area contributed by atoms with Gasteiger partial charge < -0.3 is 5.32 Å². The molecule has 17 heavy (non-hydrogen) atoms. The highest BCUT2D eigenvalue weighted by Crippen LogP contribution is 2.38. The Balaban J connectivity index is 2.10. The van der Waals surface area contributed by atoms with Gasteiger partial charge in [-0.05, 0) is 30.9 Å². The summed E-state index contributed by atoms with van der Waals surface area (Å²) in [5.41, 5.74) is -0.0981. The number of benzene rings is 1. The summed E-state index contributed by atoms with van der Waals surface area (Å²) in [6.07, 6.45) is 3.13. The molecule has 1 saturated carbocycles. The summed E-state index contributed by atoms with van der Waals surface area (Å²) in [5, 5.41) is 11.5. The lowest BCUT2D eigenvalue weighted by atomic mass is 10.2. The molecule has 0 heterocycles. The fourth-order valence-electron chi connectivity index (χ4n) is 2.08. The van der Waals surface area contributed by atoms with Crippen molar-refractivity contribution in [1.29, 1.82) is 5.26 Å². The van der Waals surface area contributed by atoms with E-state index in [0.717, 1.165) is 31.4 Å². The molecule has 0 amide bonds. The SMILES string of the molecule is CCCC1CC1Nc1c(F)cc(C#N)cc1F. The van der Waals surface area contributed by atoms with Gasteiger partial charge in [-0.1, -0.05) is 13.3 Å². The fraction of sp³-hybridized carbons (Fsp3) is 0.462. The van der Waals surface area contributed by atoms with Gasteiger partial charge in [-0.15, -0.1) is 0 Å². The molecule has 1 aromatic carbocycles. The molecule has 0 radical (unpaired) electrons. The van der Waals surface area contributed by atoms with Gasteiger partial charge in [-0.3, -0.25) is 0 Å². The highest BCUT2D eigenvalue weighted by Gasteiger charge is 2.36. The molecule has 0 aromatic heterocycles. The smallest absolute Gasteiger partial charge is 0.150 e. The van der Waals surface area contributed by atoms with Crippen LogP contribution in [0.1, 0.15) is 31.7 Å². The Bertz CT molecular complexity index is 442. The molecule has 2 unspecified atom stereocenters. The molecule has 90 valence electrons. The molecule has 1 aromatic rings.